The van der Waals surface area contributed by atoms with Crippen LogP contribution in [0, 0.1) is 5.82 Å². The zero-order valence-electron chi connectivity index (χ0n) is 10.9. The summed E-state index contributed by atoms with van der Waals surface area (Å²) >= 11 is 5.99. The molecule has 0 saturated heterocycles. The highest BCUT2D eigenvalue weighted by atomic mass is 35.5. The highest BCUT2D eigenvalue weighted by Gasteiger charge is 2.17. The van der Waals surface area contributed by atoms with Crippen LogP contribution in [0.5, 0.6) is 5.75 Å². The lowest BCUT2D eigenvalue weighted by Crippen LogP contribution is -2.30. The van der Waals surface area contributed by atoms with E-state index in [2.05, 4.69) is 10.4 Å². The smallest absolute Gasteiger partial charge is 0.146 e. The number of halogens is 2. The average Bonchev–Trinajstić information content (AvgIpc) is 2.46. The predicted octanol–water partition coefficient (Wildman–Crippen LogP) is 2.63. The Bertz CT molecular complexity index is 594. The second kappa shape index (κ2) is 6.65. The van der Waals surface area contributed by atoms with Gasteiger partial charge in [-0.1, -0.05) is 11.6 Å². The summed E-state index contributed by atoms with van der Waals surface area (Å²) in [5.74, 6) is 5.82. The van der Waals surface area contributed by atoms with Crippen LogP contribution < -0.4 is 16.0 Å². The van der Waals surface area contributed by atoms with Gasteiger partial charge in [0.1, 0.15) is 11.6 Å². The van der Waals surface area contributed by atoms with Crippen molar-refractivity contribution in [2.24, 2.45) is 5.84 Å². The van der Waals surface area contributed by atoms with Gasteiger partial charge in [-0.25, -0.2) is 4.39 Å². The Morgan fingerprint density at radius 2 is 2.25 bits per heavy atom. The molecule has 0 aliphatic carbocycles. The second-order valence-electron chi connectivity index (χ2n) is 4.28. The molecule has 3 N–H and O–H groups in total. The number of ether oxygens (including phenoxy) is 1. The third-order valence-electron chi connectivity index (χ3n) is 3.05. The van der Waals surface area contributed by atoms with Crippen molar-refractivity contribution in [1.29, 1.82) is 0 Å². The van der Waals surface area contributed by atoms with Crippen molar-refractivity contribution in [2.75, 3.05) is 7.11 Å². The molecule has 6 heteroatoms. The number of pyridine rings is 1. The Morgan fingerprint density at radius 3 is 2.90 bits per heavy atom. The van der Waals surface area contributed by atoms with E-state index in [4.69, 9.17) is 22.2 Å². The molecule has 0 aliphatic heterocycles. The van der Waals surface area contributed by atoms with E-state index in [1.165, 1.54) is 6.20 Å². The van der Waals surface area contributed by atoms with Gasteiger partial charge in [0.15, 0.2) is 0 Å². The van der Waals surface area contributed by atoms with Gasteiger partial charge in [-0.05, 0) is 36.2 Å². The first-order chi connectivity index (χ1) is 9.65. The molecule has 1 atom stereocenters. The summed E-state index contributed by atoms with van der Waals surface area (Å²) in [5, 5.41) is 0.590. The van der Waals surface area contributed by atoms with E-state index in [-0.39, 0.29) is 0 Å². The molecule has 4 nitrogen and oxygen atoms in total. The fraction of sp³-hybridized carbons (Fsp3) is 0.214. The van der Waals surface area contributed by atoms with Gasteiger partial charge >= 0.3 is 0 Å². The lowest BCUT2D eigenvalue weighted by molar-refractivity contribution is 0.404. The van der Waals surface area contributed by atoms with E-state index in [1.807, 2.05) is 0 Å². The Kier molecular flexibility index (Phi) is 4.89. The summed E-state index contributed by atoms with van der Waals surface area (Å²) in [6.07, 6.45) is 3.13. The Labute approximate surface area is 121 Å². The van der Waals surface area contributed by atoms with Crippen molar-refractivity contribution in [3.8, 4) is 5.75 Å². The fourth-order valence-corrected chi connectivity index (χ4v) is 2.25. The maximum Gasteiger partial charge on any atom is 0.146 e. The monoisotopic (exact) mass is 295 g/mol. The van der Waals surface area contributed by atoms with Gasteiger partial charge in [-0.3, -0.25) is 16.3 Å². The van der Waals surface area contributed by atoms with Crippen LogP contribution in [0.25, 0.3) is 0 Å². The highest BCUT2D eigenvalue weighted by molar-refractivity contribution is 6.30. The summed E-state index contributed by atoms with van der Waals surface area (Å²) in [6, 6.07) is 6.49. The Morgan fingerprint density at radius 1 is 1.45 bits per heavy atom. The molecular weight excluding hydrogens is 281 g/mol. The molecule has 0 spiro atoms. The van der Waals surface area contributed by atoms with Gasteiger partial charge in [-0.15, -0.1) is 0 Å². The molecule has 2 aromatic rings. The molecule has 106 valence electrons. The summed E-state index contributed by atoms with van der Waals surface area (Å²) in [4.78, 5) is 3.73. The van der Waals surface area contributed by atoms with Gasteiger partial charge in [0.25, 0.3) is 0 Å². The molecule has 0 bridgehead atoms. The van der Waals surface area contributed by atoms with Crippen LogP contribution in [0.15, 0.2) is 36.7 Å². The van der Waals surface area contributed by atoms with E-state index in [0.717, 1.165) is 11.8 Å². The number of aromatic nitrogens is 1. The average molecular weight is 296 g/mol. The van der Waals surface area contributed by atoms with E-state index < -0.39 is 11.9 Å². The van der Waals surface area contributed by atoms with E-state index in [1.54, 1.807) is 31.4 Å². The number of nitrogens with zero attached hydrogens (tertiary/aromatic N) is 1. The van der Waals surface area contributed by atoms with Gasteiger partial charge in [0.2, 0.25) is 0 Å². The van der Waals surface area contributed by atoms with Crippen LogP contribution in [0.4, 0.5) is 4.39 Å². The van der Waals surface area contributed by atoms with Crippen molar-refractivity contribution in [2.45, 2.75) is 12.5 Å². The van der Waals surface area contributed by atoms with Gasteiger partial charge in [-0.2, -0.15) is 0 Å². The van der Waals surface area contributed by atoms with Crippen molar-refractivity contribution < 1.29 is 9.13 Å². The third-order valence-corrected chi connectivity index (χ3v) is 3.28. The van der Waals surface area contributed by atoms with Crippen LogP contribution in [-0.4, -0.2) is 12.1 Å². The summed E-state index contributed by atoms with van der Waals surface area (Å²) in [5.41, 5.74) is 3.91. The first-order valence-electron chi connectivity index (χ1n) is 6.03. The van der Waals surface area contributed by atoms with Crippen molar-refractivity contribution in [1.82, 2.24) is 10.4 Å². The second-order valence-corrected chi connectivity index (χ2v) is 4.71. The standard InChI is InChI=1S/C14H15ClFN3O/c1-20-14-3-2-10(15)6-9(14)7-13(19-17)11-4-5-18-8-12(11)16/h2-6,8,13,19H,7,17H2,1H3. The number of hydrogen-bond donors (Lipinski definition) is 2. The van der Waals surface area contributed by atoms with E-state index >= 15 is 0 Å². The van der Waals surface area contributed by atoms with Gasteiger partial charge in [0, 0.05) is 16.8 Å². The fourth-order valence-electron chi connectivity index (χ4n) is 2.05. The first kappa shape index (κ1) is 14.7. The topological polar surface area (TPSA) is 60.2 Å². The predicted molar refractivity (Wildman–Crippen MR) is 76.0 cm³/mol. The lowest BCUT2D eigenvalue weighted by atomic mass is 9.99. The molecule has 1 aromatic carbocycles. The highest BCUT2D eigenvalue weighted by Crippen LogP contribution is 2.28. The number of nitrogens with one attached hydrogen (secondary N) is 1. The van der Waals surface area contributed by atoms with E-state index in [0.29, 0.717) is 22.8 Å². The number of methoxy groups -OCH3 is 1. The normalized spacial score (nSPS) is 12.2. The lowest BCUT2D eigenvalue weighted by Gasteiger charge is -2.18. The summed E-state index contributed by atoms with van der Waals surface area (Å²) in [7, 11) is 1.57. The van der Waals surface area contributed by atoms with Gasteiger partial charge < -0.3 is 4.74 Å². The molecule has 0 aliphatic rings. The quantitative estimate of drug-likeness (QED) is 0.657. The number of benzene rings is 1. The zero-order chi connectivity index (χ0) is 14.5. The molecule has 0 saturated carbocycles. The number of hydrazine groups is 1. The molecule has 20 heavy (non-hydrogen) atoms. The first-order valence-corrected chi connectivity index (χ1v) is 6.41. The molecular formula is C14H15ClFN3O. The van der Waals surface area contributed by atoms with Crippen LogP contribution in [0.1, 0.15) is 17.2 Å². The number of rotatable bonds is 5. The Balaban J connectivity index is 2.31. The van der Waals surface area contributed by atoms with Gasteiger partial charge in [0.05, 0.1) is 19.3 Å². The maximum absolute atomic E-state index is 13.8. The van der Waals surface area contributed by atoms with Crippen LogP contribution in [0.3, 0.4) is 0 Å². The van der Waals surface area contributed by atoms with Crippen molar-refractivity contribution in [3.63, 3.8) is 0 Å². The largest absolute Gasteiger partial charge is 0.496 e. The molecule has 1 heterocycles. The van der Waals surface area contributed by atoms with Crippen LogP contribution in [-0.2, 0) is 6.42 Å². The van der Waals surface area contributed by atoms with Crippen LogP contribution in [0.2, 0.25) is 5.02 Å². The molecule has 1 unspecified atom stereocenters. The minimum Gasteiger partial charge on any atom is -0.496 e. The number of nitrogens with two attached hydrogens (primary N) is 1. The minimum atomic E-state index is -0.406. The van der Waals surface area contributed by atoms with Crippen LogP contribution >= 0.6 is 11.6 Å². The molecule has 0 fully saturated rings. The number of hydrogen-bond acceptors (Lipinski definition) is 4. The molecule has 0 radical (unpaired) electrons. The summed E-state index contributed by atoms with van der Waals surface area (Å²) < 4.78 is 19.1. The molecule has 1 aromatic heterocycles. The maximum atomic E-state index is 13.8. The Hall–Kier alpha value is -1.69. The third kappa shape index (κ3) is 3.25. The molecule has 2 rings (SSSR count). The van der Waals surface area contributed by atoms with Crippen molar-refractivity contribution >= 4 is 11.6 Å². The molecule has 0 amide bonds. The van der Waals surface area contributed by atoms with E-state index in [9.17, 15) is 4.39 Å². The van der Waals surface area contributed by atoms with Crippen molar-refractivity contribution in [3.05, 3.63) is 58.6 Å². The minimum absolute atomic E-state index is 0.398. The zero-order valence-corrected chi connectivity index (χ0v) is 11.7. The SMILES string of the molecule is COc1ccc(Cl)cc1CC(NN)c1ccncc1F. The summed E-state index contributed by atoms with van der Waals surface area (Å²) in [6.45, 7) is 0.